The molecule has 0 spiro atoms. The van der Waals surface area contributed by atoms with E-state index in [1.807, 2.05) is 0 Å². The molecule has 2 aromatic rings. The van der Waals surface area contributed by atoms with Crippen LogP contribution in [0, 0.1) is 0 Å². The summed E-state index contributed by atoms with van der Waals surface area (Å²) in [4.78, 5) is 7.60. The summed E-state index contributed by atoms with van der Waals surface area (Å²) >= 11 is 0. The maximum absolute atomic E-state index is 8.90. The summed E-state index contributed by atoms with van der Waals surface area (Å²) in [5, 5.41) is 8.90. The van der Waals surface area contributed by atoms with Crippen molar-refractivity contribution in [1.82, 2.24) is 14.4 Å². The molecular weight excluding hydrogens is 130 g/mol. The number of rotatable bonds is 0. The molecule has 0 radical (unpaired) electrons. The molecule has 0 atom stereocenters. The third-order valence-electron chi connectivity index (χ3n) is 1.25. The maximum atomic E-state index is 8.90. The molecule has 0 fully saturated rings. The Labute approximate surface area is 56.8 Å². The van der Waals surface area contributed by atoms with E-state index in [1.165, 1.54) is 6.20 Å². The van der Waals surface area contributed by atoms with Crippen LogP contribution in [0.5, 0.6) is 5.88 Å². The molecule has 0 unspecified atom stereocenters. The lowest BCUT2D eigenvalue weighted by molar-refractivity contribution is 0.457. The van der Waals surface area contributed by atoms with Gasteiger partial charge in [-0.15, -0.1) is 0 Å². The monoisotopic (exact) mass is 135 g/mol. The Morgan fingerprint density at radius 2 is 2.40 bits per heavy atom. The predicted octanol–water partition coefficient (Wildman–Crippen LogP) is 0.435. The van der Waals surface area contributed by atoms with Crippen molar-refractivity contribution in [2.24, 2.45) is 0 Å². The smallest absolute Gasteiger partial charge is 0.230 e. The minimum Gasteiger partial charge on any atom is -0.492 e. The molecule has 1 N–H and O–H groups in total. The van der Waals surface area contributed by atoms with Crippen LogP contribution in [0.4, 0.5) is 0 Å². The Bertz CT molecular complexity index is 322. The second-order valence-corrected chi connectivity index (χ2v) is 1.94. The van der Waals surface area contributed by atoms with Gasteiger partial charge in [0.1, 0.15) is 0 Å². The van der Waals surface area contributed by atoms with Gasteiger partial charge < -0.3 is 9.51 Å². The second-order valence-electron chi connectivity index (χ2n) is 1.94. The van der Waals surface area contributed by atoms with Crippen LogP contribution < -0.4 is 0 Å². The van der Waals surface area contributed by atoms with Crippen molar-refractivity contribution in [3.05, 3.63) is 24.8 Å². The summed E-state index contributed by atoms with van der Waals surface area (Å²) in [5.74, 6) is 0.0213. The SMILES string of the molecule is Oc1cn2ccncc2n1. The first-order valence-corrected chi connectivity index (χ1v) is 2.84. The second kappa shape index (κ2) is 1.70. The summed E-state index contributed by atoms with van der Waals surface area (Å²) < 4.78 is 1.70. The molecular formula is C6H5N3O. The first-order chi connectivity index (χ1) is 4.86. The van der Waals surface area contributed by atoms with Gasteiger partial charge >= 0.3 is 0 Å². The number of aromatic hydroxyl groups is 1. The van der Waals surface area contributed by atoms with Gasteiger partial charge in [0.15, 0.2) is 5.65 Å². The van der Waals surface area contributed by atoms with E-state index in [4.69, 9.17) is 5.11 Å². The molecule has 0 aliphatic heterocycles. The Morgan fingerprint density at radius 1 is 1.50 bits per heavy atom. The van der Waals surface area contributed by atoms with Crippen LogP contribution in [-0.2, 0) is 0 Å². The fraction of sp³-hybridized carbons (Fsp3) is 0. The molecule has 4 heteroatoms. The van der Waals surface area contributed by atoms with Gasteiger partial charge in [-0.2, -0.15) is 4.98 Å². The fourth-order valence-corrected chi connectivity index (χ4v) is 0.829. The van der Waals surface area contributed by atoms with Gasteiger partial charge in [0.2, 0.25) is 5.88 Å². The molecule has 0 saturated carbocycles. The Morgan fingerprint density at radius 3 is 3.20 bits per heavy atom. The van der Waals surface area contributed by atoms with Crippen molar-refractivity contribution in [2.45, 2.75) is 0 Å². The number of hydrogen-bond acceptors (Lipinski definition) is 3. The van der Waals surface area contributed by atoms with Gasteiger partial charge in [-0.25, -0.2) is 0 Å². The van der Waals surface area contributed by atoms with E-state index in [-0.39, 0.29) is 5.88 Å². The lowest BCUT2D eigenvalue weighted by atomic mass is 10.7. The predicted molar refractivity (Wildman–Crippen MR) is 34.7 cm³/mol. The topological polar surface area (TPSA) is 50.4 Å². The zero-order chi connectivity index (χ0) is 6.97. The fourth-order valence-electron chi connectivity index (χ4n) is 0.829. The van der Waals surface area contributed by atoms with Crippen LogP contribution in [0.2, 0.25) is 0 Å². The van der Waals surface area contributed by atoms with Crippen molar-refractivity contribution in [3.63, 3.8) is 0 Å². The summed E-state index contributed by atoms with van der Waals surface area (Å²) in [6.07, 6.45) is 6.47. The van der Waals surface area contributed by atoms with Crippen LogP contribution >= 0.6 is 0 Å². The van der Waals surface area contributed by atoms with Crippen LogP contribution in [-0.4, -0.2) is 19.5 Å². The number of fused-ring (bicyclic) bond motifs is 1. The van der Waals surface area contributed by atoms with Crippen molar-refractivity contribution >= 4 is 5.65 Å². The van der Waals surface area contributed by atoms with E-state index >= 15 is 0 Å². The summed E-state index contributed by atoms with van der Waals surface area (Å²) in [5.41, 5.74) is 0.653. The normalized spacial score (nSPS) is 10.4. The average Bonchev–Trinajstić information content (AvgIpc) is 2.27. The zero-order valence-corrected chi connectivity index (χ0v) is 5.10. The maximum Gasteiger partial charge on any atom is 0.230 e. The van der Waals surface area contributed by atoms with E-state index < -0.39 is 0 Å². The van der Waals surface area contributed by atoms with Gasteiger partial charge in [-0.3, -0.25) is 4.98 Å². The lowest BCUT2D eigenvalue weighted by Gasteiger charge is -1.85. The first kappa shape index (κ1) is 5.22. The van der Waals surface area contributed by atoms with Crippen molar-refractivity contribution < 1.29 is 5.11 Å². The van der Waals surface area contributed by atoms with Crippen LogP contribution in [0.3, 0.4) is 0 Å². The average molecular weight is 135 g/mol. The highest BCUT2D eigenvalue weighted by Gasteiger charge is 1.95. The van der Waals surface area contributed by atoms with Crippen molar-refractivity contribution in [3.8, 4) is 5.88 Å². The molecule has 0 aliphatic rings. The molecule has 4 nitrogen and oxygen atoms in total. The van der Waals surface area contributed by atoms with Crippen LogP contribution in [0.15, 0.2) is 24.8 Å². The highest BCUT2D eigenvalue weighted by molar-refractivity contribution is 5.37. The first-order valence-electron chi connectivity index (χ1n) is 2.84. The number of nitrogens with zero attached hydrogens (tertiary/aromatic N) is 3. The van der Waals surface area contributed by atoms with Gasteiger partial charge in [-0.1, -0.05) is 0 Å². The minimum absolute atomic E-state index is 0.0213. The molecule has 0 bridgehead atoms. The van der Waals surface area contributed by atoms with E-state index in [9.17, 15) is 0 Å². The molecule has 2 rings (SSSR count). The van der Waals surface area contributed by atoms with E-state index in [1.54, 1.807) is 23.0 Å². The number of imidazole rings is 1. The largest absolute Gasteiger partial charge is 0.492 e. The molecule has 0 aromatic carbocycles. The molecule has 10 heavy (non-hydrogen) atoms. The van der Waals surface area contributed by atoms with Crippen molar-refractivity contribution in [1.29, 1.82) is 0 Å². The van der Waals surface area contributed by atoms with E-state index in [0.717, 1.165) is 0 Å². The molecule has 50 valence electrons. The van der Waals surface area contributed by atoms with Gasteiger partial charge in [-0.05, 0) is 0 Å². The number of hydrogen-bond donors (Lipinski definition) is 1. The lowest BCUT2D eigenvalue weighted by Crippen LogP contribution is -1.81. The zero-order valence-electron chi connectivity index (χ0n) is 5.10. The molecule has 0 amide bonds. The molecule has 2 heterocycles. The van der Waals surface area contributed by atoms with E-state index in [0.29, 0.717) is 5.65 Å². The molecule has 2 aromatic heterocycles. The van der Waals surface area contributed by atoms with Gasteiger partial charge in [0.05, 0.1) is 12.4 Å². The Kier molecular flexibility index (Phi) is 0.887. The van der Waals surface area contributed by atoms with Crippen LogP contribution in [0.25, 0.3) is 5.65 Å². The summed E-state index contributed by atoms with van der Waals surface area (Å²) in [7, 11) is 0. The third kappa shape index (κ3) is 0.621. The highest BCUT2D eigenvalue weighted by atomic mass is 16.3. The quantitative estimate of drug-likeness (QED) is 0.570. The van der Waals surface area contributed by atoms with Crippen LogP contribution in [0.1, 0.15) is 0 Å². The Balaban J connectivity index is 2.88. The van der Waals surface area contributed by atoms with E-state index in [2.05, 4.69) is 9.97 Å². The molecule has 0 aliphatic carbocycles. The molecule has 0 saturated heterocycles. The third-order valence-corrected chi connectivity index (χ3v) is 1.25. The van der Waals surface area contributed by atoms with Gasteiger partial charge in [0, 0.05) is 12.4 Å². The number of aromatic nitrogens is 3. The minimum atomic E-state index is 0.0213. The Hall–Kier alpha value is -1.58. The van der Waals surface area contributed by atoms with Crippen molar-refractivity contribution in [2.75, 3.05) is 0 Å². The summed E-state index contributed by atoms with van der Waals surface area (Å²) in [6.45, 7) is 0. The van der Waals surface area contributed by atoms with Gasteiger partial charge in [0.25, 0.3) is 0 Å². The summed E-state index contributed by atoms with van der Waals surface area (Å²) in [6, 6.07) is 0. The highest BCUT2D eigenvalue weighted by Crippen LogP contribution is 2.06. The standard InChI is InChI=1S/C6H5N3O/c10-6-4-9-2-1-7-3-5(9)8-6/h1-4,10H.